The summed E-state index contributed by atoms with van der Waals surface area (Å²) < 4.78 is 26.6. The third kappa shape index (κ3) is 7.30. The lowest BCUT2D eigenvalue weighted by Gasteiger charge is -2.17. The number of hydrogen-bond donors (Lipinski definition) is 4. The zero-order chi connectivity index (χ0) is 29.8. The number of anilines is 1. The fraction of sp³-hybridized carbons (Fsp3) is 0.226. The number of aromatic nitrogens is 2. The molecule has 12 heteroatoms. The fourth-order valence-corrected chi connectivity index (χ4v) is 5.49. The molecule has 1 saturated heterocycles. The number of benzene rings is 3. The average Bonchev–Trinajstić information content (AvgIpc) is 3.68. The molecule has 0 spiro atoms. The van der Waals surface area contributed by atoms with Crippen molar-refractivity contribution >= 4 is 74.9 Å². The maximum atomic E-state index is 13.4. The highest BCUT2D eigenvalue weighted by Gasteiger charge is 2.37. The molecule has 43 heavy (non-hydrogen) atoms. The van der Waals surface area contributed by atoms with E-state index in [-0.39, 0.29) is 30.5 Å². The first kappa shape index (κ1) is 32.3. The van der Waals surface area contributed by atoms with Gasteiger partial charge in [-0.2, -0.15) is 0 Å². The molecule has 5 N–H and O–H groups in total. The summed E-state index contributed by atoms with van der Waals surface area (Å²) in [6.45, 7) is 1.32. The van der Waals surface area contributed by atoms with Gasteiger partial charge in [0.25, 0.3) is 0 Å². The Balaban J connectivity index is 0.000000253. The van der Waals surface area contributed by atoms with Crippen LogP contribution >= 0.6 is 35.6 Å². The van der Waals surface area contributed by atoms with Crippen LogP contribution in [0.4, 0.5) is 14.5 Å². The normalized spacial score (nSPS) is 14.5. The minimum atomic E-state index is -1.03. The Bertz CT molecular complexity index is 1760. The molecule has 7 nitrogen and oxygen atoms in total. The van der Waals surface area contributed by atoms with E-state index < -0.39 is 23.5 Å². The number of carbonyl (C=O) groups is 2. The Labute approximate surface area is 263 Å². The van der Waals surface area contributed by atoms with Crippen molar-refractivity contribution < 1.29 is 18.4 Å². The minimum Gasteiger partial charge on any atom is -0.361 e. The average molecular weight is 649 g/mol. The van der Waals surface area contributed by atoms with Crippen LogP contribution in [0.5, 0.6) is 0 Å². The van der Waals surface area contributed by atoms with Gasteiger partial charge in [-0.1, -0.05) is 23.2 Å². The van der Waals surface area contributed by atoms with Crippen LogP contribution in [0, 0.1) is 17.6 Å². The van der Waals surface area contributed by atoms with Gasteiger partial charge in [0.2, 0.25) is 11.8 Å². The molecule has 226 valence electrons. The number of hydrogen-bond acceptors (Lipinski definition) is 3. The van der Waals surface area contributed by atoms with E-state index in [2.05, 4.69) is 15.3 Å². The van der Waals surface area contributed by atoms with Crippen molar-refractivity contribution in [1.29, 1.82) is 0 Å². The lowest BCUT2D eigenvalue weighted by molar-refractivity contribution is -0.132. The van der Waals surface area contributed by atoms with E-state index in [1.54, 1.807) is 6.07 Å². The predicted molar refractivity (Wildman–Crippen MR) is 170 cm³/mol. The van der Waals surface area contributed by atoms with Crippen LogP contribution in [-0.4, -0.2) is 41.4 Å². The second-order valence-electron chi connectivity index (χ2n) is 10.0. The molecule has 2 amide bonds. The van der Waals surface area contributed by atoms with Crippen LogP contribution in [-0.2, 0) is 22.4 Å². The fourth-order valence-electron chi connectivity index (χ4n) is 5.15. The van der Waals surface area contributed by atoms with E-state index in [1.165, 1.54) is 21.9 Å². The SMILES string of the molecule is Cl.NCCc1c[nH]c2ccc(Cl)cc12.O=C(NCCc1c[nH]c2ccc(Cl)cc12)C1CCN(c2ccc(F)c(F)c2)C1=O. The summed E-state index contributed by atoms with van der Waals surface area (Å²) in [6.07, 6.45) is 5.67. The van der Waals surface area contributed by atoms with Crippen molar-refractivity contribution in [3.63, 3.8) is 0 Å². The molecule has 2 aromatic heterocycles. The van der Waals surface area contributed by atoms with Gasteiger partial charge in [0.1, 0.15) is 5.92 Å². The second kappa shape index (κ2) is 14.2. The van der Waals surface area contributed by atoms with Crippen molar-refractivity contribution in [1.82, 2.24) is 15.3 Å². The van der Waals surface area contributed by atoms with Crippen LogP contribution in [0.2, 0.25) is 10.0 Å². The summed E-state index contributed by atoms with van der Waals surface area (Å²) >= 11 is 11.9. The molecule has 1 aliphatic heterocycles. The Hall–Kier alpha value is -3.63. The Morgan fingerprint density at radius 1 is 0.907 bits per heavy atom. The maximum absolute atomic E-state index is 13.4. The molecule has 0 saturated carbocycles. The first-order chi connectivity index (χ1) is 20.2. The highest BCUT2D eigenvalue weighted by molar-refractivity contribution is 6.31. The first-order valence-electron chi connectivity index (χ1n) is 13.5. The standard InChI is InChI=1S/C21H18ClF2N3O2.C10H11ClN2.ClH/c22-13-1-4-19-16(9-13)12(11-26-19)5-7-25-20(28)15-6-8-27(21(15)29)14-2-3-17(23)18(24)10-14;11-8-1-2-10-9(5-8)7(3-4-12)6-13-10;/h1-4,9-11,15,26H,5-8H2,(H,25,28);1-2,5-6,13H,3-4,12H2;1H. The van der Waals surface area contributed by atoms with Crippen molar-refractivity contribution in [3.05, 3.63) is 99.8 Å². The van der Waals surface area contributed by atoms with Gasteiger partial charge < -0.3 is 25.9 Å². The van der Waals surface area contributed by atoms with Crippen LogP contribution in [0.1, 0.15) is 17.5 Å². The molecule has 0 bridgehead atoms. The van der Waals surface area contributed by atoms with E-state index >= 15 is 0 Å². The molecule has 3 aromatic carbocycles. The number of aromatic amines is 2. The van der Waals surface area contributed by atoms with E-state index in [0.717, 1.165) is 45.6 Å². The van der Waals surface area contributed by atoms with Gasteiger partial charge in [-0.3, -0.25) is 9.59 Å². The van der Waals surface area contributed by atoms with E-state index in [4.69, 9.17) is 28.9 Å². The number of amides is 2. The largest absolute Gasteiger partial charge is 0.361 e. The van der Waals surface area contributed by atoms with Gasteiger partial charge in [0.15, 0.2) is 11.6 Å². The quantitative estimate of drug-likeness (QED) is 0.150. The van der Waals surface area contributed by atoms with E-state index in [0.29, 0.717) is 31.0 Å². The summed E-state index contributed by atoms with van der Waals surface area (Å²) in [5.74, 6) is -3.61. The summed E-state index contributed by atoms with van der Waals surface area (Å²) in [6, 6.07) is 14.7. The molecule has 1 unspecified atom stereocenters. The highest BCUT2D eigenvalue weighted by Crippen LogP contribution is 2.27. The van der Waals surface area contributed by atoms with Crippen molar-refractivity contribution in [2.24, 2.45) is 11.7 Å². The number of carbonyl (C=O) groups excluding carboxylic acids is 2. The molecule has 5 aromatic rings. The smallest absolute Gasteiger partial charge is 0.239 e. The molecule has 1 aliphatic rings. The number of rotatable bonds is 7. The van der Waals surface area contributed by atoms with Crippen LogP contribution in [0.3, 0.4) is 0 Å². The van der Waals surface area contributed by atoms with E-state index in [9.17, 15) is 18.4 Å². The lowest BCUT2D eigenvalue weighted by Crippen LogP contribution is -2.37. The van der Waals surface area contributed by atoms with Gasteiger partial charge in [-0.05, 0) is 85.5 Å². The number of nitrogens with two attached hydrogens (primary N) is 1. The molecule has 0 radical (unpaired) electrons. The molecule has 1 atom stereocenters. The Morgan fingerprint density at radius 3 is 2.09 bits per heavy atom. The van der Waals surface area contributed by atoms with Gasteiger partial charge in [-0.15, -0.1) is 12.4 Å². The number of halogens is 5. The number of nitrogens with one attached hydrogen (secondary N) is 3. The Kier molecular flexibility index (Phi) is 10.7. The first-order valence-corrected chi connectivity index (χ1v) is 14.3. The number of H-pyrrole nitrogens is 2. The second-order valence-corrected chi connectivity index (χ2v) is 10.9. The third-order valence-electron chi connectivity index (χ3n) is 7.30. The number of fused-ring (bicyclic) bond motifs is 2. The highest BCUT2D eigenvalue weighted by atomic mass is 35.5. The van der Waals surface area contributed by atoms with E-state index in [1.807, 2.05) is 42.7 Å². The number of nitrogens with zero attached hydrogens (tertiary/aromatic N) is 1. The van der Waals surface area contributed by atoms with Crippen LogP contribution < -0.4 is 16.0 Å². The van der Waals surface area contributed by atoms with Gasteiger partial charge in [-0.25, -0.2) is 8.78 Å². The molecule has 6 rings (SSSR count). The van der Waals surface area contributed by atoms with Crippen LogP contribution in [0.25, 0.3) is 21.8 Å². The summed E-state index contributed by atoms with van der Waals surface area (Å²) in [7, 11) is 0. The Morgan fingerprint density at radius 2 is 1.51 bits per heavy atom. The molecule has 3 heterocycles. The zero-order valence-corrected chi connectivity index (χ0v) is 25.3. The minimum absolute atomic E-state index is 0. The van der Waals surface area contributed by atoms with Crippen molar-refractivity contribution in [2.45, 2.75) is 19.3 Å². The predicted octanol–water partition coefficient (Wildman–Crippen LogP) is 6.56. The van der Waals surface area contributed by atoms with Crippen LogP contribution in [0.15, 0.2) is 67.0 Å². The van der Waals surface area contributed by atoms with Gasteiger partial charge in [0.05, 0.1) is 0 Å². The maximum Gasteiger partial charge on any atom is 0.239 e. The summed E-state index contributed by atoms with van der Waals surface area (Å²) in [4.78, 5) is 32.7. The van der Waals surface area contributed by atoms with Gasteiger partial charge in [0, 0.05) is 69.1 Å². The zero-order valence-electron chi connectivity index (χ0n) is 22.9. The molecule has 1 fully saturated rings. The monoisotopic (exact) mass is 647 g/mol. The van der Waals surface area contributed by atoms with Crippen molar-refractivity contribution in [2.75, 3.05) is 24.5 Å². The lowest BCUT2D eigenvalue weighted by atomic mass is 10.1. The third-order valence-corrected chi connectivity index (χ3v) is 7.77. The summed E-state index contributed by atoms with van der Waals surface area (Å²) in [5, 5.41) is 6.37. The van der Waals surface area contributed by atoms with Gasteiger partial charge >= 0.3 is 0 Å². The molecular weight excluding hydrogens is 619 g/mol. The summed E-state index contributed by atoms with van der Waals surface area (Å²) in [5.41, 5.74) is 10.1. The molecular formula is C31H30Cl3F2N5O2. The molecule has 0 aliphatic carbocycles. The van der Waals surface area contributed by atoms with Crippen molar-refractivity contribution in [3.8, 4) is 0 Å². The topological polar surface area (TPSA) is 107 Å².